The van der Waals surface area contributed by atoms with Crippen molar-refractivity contribution in [3.05, 3.63) is 58.3 Å². The second-order valence-corrected chi connectivity index (χ2v) is 8.57. The first kappa shape index (κ1) is 23.1. The fraction of sp³-hybridized carbons (Fsp3) is 0.333. The van der Waals surface area contributed by atoms with Gasteiger partial charge >= 0.3 is 5.97 Å². The second-order valence-electron chi connectivity index (χ2n) is 8.21. The zero-order valence-electron chi connectivity index (χ0n) is 18.7. The summed E-state index contributed by atoms with van der Waals surface area (Å²) in [5.41, 5.74) is 3.83. The maximum Gasteiger partial charge on any atom is 0.320 e. The zero-order valence-corrected chi connectivity index (χ0v) is 19.5. The van der Waals surface area contributed by atoms with Crippen molar-refractivity contribution in [1.29, 1.82) is 0 Å². The van der Waals surface area contributed by atoms with Crippen molar-refractivity contribution in [2.45, 2.75) is 26.5 Å². The lowest BCUT2D eigenvalue weighted by molar-refractivity contribution is -0.162. The number of aromatic nitrogens is 2. The highest BCUT2D eigenvalue weighted by molar-refractivity contribution is 6.34. The molecule has 8 nitrogen and oxygen atoms in total. The van der Waals surface area contributed by atoms with E-state index in [-0.39, 0.29) is 19.2 Å². The lowest BCUT2D eigenvalue weighted by Crippen LogP contribution is -2.27. The van der Waals surface area contributed by atoms with E-state index in [1.807, 2.05) is 47.2 Å². The molecule has 1 aromatic heterocycles. The van der Waals surface area contributed by atoms with E-state index in [2.05, 4.69) is 18.9 Å². The lowest BCUT2D eigenvalue weighted by atomic mass is 10.1. The molecule has 9 heteroatoms. The molecule has 0 saturated carbocycles. The van der Waals surface area contributed by atoms with Crippen molar-refractivity contribution in [2.75, 3.05) is 26.8 Å². The number of benzene rings is 2. The molecule has 1 N–H and O–H groups in total. The minimum Gasteiger partial charge on any atom is -0.489 e. The van der Waals surface area contributed by atoms with Crippen LogP contribution in [0, 0.1) is 0 Å². The van der Waals surface area contributed by atoms with E-state index in [4.69, 9.17) is 31.0 Å². The van der Waals surface area contributed by atoms with Gasteiger partial charge in [-0.25, -0.2) is 0 Å². The Labute approximate surface area is 196 Å². The van der Waals surface area contributed by atoms with Crippen LogP contribution < -0.4 is 9.47 Å². The van der Waals surface area contributed by atoms with Crippen molar-refractivity contribution >= 4 is 34.5 Å². The molecular formula is C24H26ClN3O5. The smallest absolute Gasteiger partial charge is 0.320 e. The molecule has 2 aromatic carbocycles. The molecule has 1 aliphatic heterocycles. The number of nitrogens with zero attached hydrogens (tertiary/aromatic N) is 3. The summed E-state index contributed by atoms with van der Waals surface area (Å²) in [6, 6.07) is 12.0. The van der Waals surface area contributed by atoms with Crippen molar-refractivity contribution in [1.82, 2.24) is 14.8 Å². The molecule has 3 aromatic rings. The van der Waals surface area contributed by atoms with Crippen LogP contribution in [0.1, 0.15) is 31.0 Å². The minimum absolute atomic E-state index is 0.190. The first-order chi connectivity index (χ1) is 15.8. The fourth-order valence-corrected chi connectivity index (χ4v) is 3.83. The number of carboxylic acids is 1. The monoisotopic (exact) mass is 471 g/mol. The highest BCUT2D eigenvalue weighted by atomic mass is 35.5. The molecule has 0 bridgehead atoms. The molecule has 1 aliphatic rings. The van der Waals surface area contributed by atoms with Crippen LogP contribution in [0.25, 0.3) is 17.0 Å². The third-order valence-electron chi connectivity index (χ3n) is 5.21. The number of halogens is 1. The van der Waals surface area contributed by atoms with Gasteiger partial charge in [-0.1, -0.05) is 17.7 Å². The Hall–Kier alpha value is -3.07. The van der Waals surface area contributed by atoms with Crippen LogP contribution in [0.3, 0.4) is 0 Å². The zero-order chi connectivity index (χ0) is 23.5. The topological polar surface area (TPSA) is 86.1 Å². The maximum atomic E-state index is 10.7. The number of aliphatic carboxylic acids is 1. The van der Waals surface area contributed by atoms with Gasteiger partial charge in [-0.3, -0.25) is 14.3 Å². The standard InChI is InChI=1S/C24H26ClN3O5/c1-15(2)28-21-7-4-16(9-20(21)24(25)26-28)12-31-19-6-5-18-8-17(13-32-22(18)10-19)14-33-27(3)11-23(29)30/h4-10,15H,11-14H2,1-3H3,(H,29,30). The summed E-state index contributed by atoms with van der Waals surface area (Å²) < 4.78 is 13.8. The van der Waals surface area contributed by atoms with Gasteiger partial charge in [0, 0.05) is 30.1 Å². The van der Waals surface area contributed by atoms with Crippen LogP contribution >= 0.6 is 11.6 Å². The van der Waals surface area contributed by atoms with Gasteiger partial charge in [0.2, 0.25) is 0 Å². The summed E-state index contributed by atoms with van der Waals surface area (Å²) in [5, 5.41) is 15.9. The Bertz CT molecular complexity index is 1200. The molecule has 0 fully saturated rings. The Morgan fingerprint density at radius 3 is 2.85 bits per heavy atom. The molecule has 33 heavy (non-hydrogen) atoms. The number of fused-ring (bicyclic) bond motifs is 2. The summed E-state index contributed by atoms with van der Waals surface area (Å²) in [6.07, 6.45) is 1.99. The van der Waals surface area contributed by atoms with Crippen molar-refractivity contribution in [3.63, 3.8) is 0 Å². The number of likely N-dealkylation sites (N-methyl/N-ethyl adjacent to an activating group) is 1. The van der Waals surface area contributed by atoms with Gasteiger partial charge < -0.3 is 14.6 Å². The van der Waals surface area contributed by atoms with Crippen molar-refractivity contribution < 1.29 is 24.2 Å². The number of hydroxylamine groups is 2. The Morgan fingerprint density at radius 1 is 1.27 bits per heavy atom. The Balaban J connectivity index is 1.39. The number of ether oxygens (including phenoxy) is 2. The molecule has 174 valence electrons. The fourth-order valence-electron chi connectivity index (χ4n) is 3.59. The van der Waals surface area contributed by atoms with Gasteiger partial charge in [0.15, 0.2) is 5.15 Å². The van der Waals surface area contributed by atoms with E-state index in [1.54, 1.807) is 7.05 Å². The van der Waals surface area contributed by atoms with Crippen LogP contribution in [0.4, 0.5) is 0 Å². The number of carbonyl (C=O) groups is 1. The first-order valence-corrected chi connectivity index (χ1v) is 11.0. The van der Waals surface area contributed by atoms with Gasteiger partial charge in [-0.15, -0.1) is 0 Å². The Morgan fingerprint density at radius 2 is 2.09 bits per heavy atom. The average molecular weight is 472 g/mol. The molecular weight excluding hydrogens is 446 g/mol. The van der Waals surface area contributed by atoms with Crippen molar-refractivity contribution in [3.8, 4) is 11.5 Å². The second kappa shape index (κ2) is 9.82. The van der Waals surface area contributed by atoms with E-state index in [0.717, 1.165) is 33.4 Å². The summed E-state index contributed by atoms with van der Waals surface area (Å²) in [6.45, 7) is 4.97. The quantitative estimate of drug-likeness (QED) is 0.457. The molecule has 2 heterocycles. The number of rotatable bonds is 9. The van der Waals surface area contributed by atoms with E-state index in [1.165, 1.54) is 5.06 Å². The number of hydrogen-bond donors (Lipinski definition) is 1. The normalized spacial score (nSPS) is 13.2. The van der Waals surface area contributed by atoms with Crippen LogP contribution in [-0.2, 0) is 16.2 Å². The van der Waals surface area contributed by atoms with E-state index >= 15 is 0 Å². The lowest BCUT2D eigenvalue weighted by Gasteiger charge is -2.21. The summed E-state index contributed by atoms with van der Waals surface area (Å²) in [5.74, 6) is 0.483. The van der Waals surface area contributed by atoms with E-state index < -0.39 is 5.97 Å². The molecule has 0 saturated heterocycles. The van der Waals surface area contributed by atoms with E-state index in [0.29, 0.717) is 24.1 Å². The van der Waals surface area contributed by atoms with Crippen LogP contribution in [0.15, 0.2) is 42.0 Å². The number of carboxylic acid groups (broad SMARTS) is 1. The highest BCUT2D eigenvalue weighted by Gasteiger charge is 2.15. The molecule has 0 aliphatic carbocycles. The third-order valence-corrected chi connectivity index (χ3v) is 5.49. The van der Waals surface area contributed by atoms with Crippen LogP contribution in [0.5, 0.6) is 11.5 Å². The van der Waals surface area contributed by atoms with Gasteiger partial charge in [-0.2, -0.15) is 10.2 Å². The van der Waals surface area contributed by atoms with Gasteiger partial charge in [0.25, 0.3) is 0 Å². The molecule has 0 radical (unpaired) electrons. The average Bonchev–Trinajstić information content (AvgIpc) is 3.12. The predicted octanol–water partition coefficient (Wildman–Crippen LogP) is 4.57. The van der Waals surface area contributed by atoms with Crippen molar-refractivity contribution in [2.24, 2.45) is 0 Å². The SMILES string of the molecule is CC(C)n1nc(Cl)c2cc(COc3ccc4c(c3)OCC(CON(C)CC(=O)O)=C4)ccc21. The van der Waals surface area contributed by atoms with E-state index in [9.17, 15) is 4.79 Å². The maximum absolute atomic E-state index is 10.7. The van der Waals surface area contributed by atoms with Gasteiger partial charge in [0.1, 0.15) is 31.3 Å². The highest BCUT2D eigenvalue weighted by Crippen LogP contribution is 2.31. The first-order valence-electron chi connectivity index (χ1n) is 10.6. The van der Waals surface area contributed by atoms with Gasteiger partial charge in [-0.05, 0) is 55.3 Å². The minimum atomic E-state index is -0.946. The third kappa shape index (κ3) is 5.47. The van der Waals surface area contributed by atoms with Gasteiger partial charge in [0.05, 0.1) is 12.1 Å². The van der Waals surface area contributed by atoms with Crippen LogP contribution in [-0.4, -0.2) is 52.7 Å². The molecule has 0 spiro atoms. The molecule has 0 unspecified atom stereocenters. The molecule has 0 amide bonds. The molecule has 0 atom stereocenters. The molecule has 4 rings (SSSR count). The van der Waals surface area contributed by atoms with Crippen LogP contribution in [0.2, 0.25) is 5.15 Å². The largest absolute Gasteiger partial charge is 0.489 e. The summed E-state index contributed by atoms with van der Waals surface area (Å²) in [7, 11) is 1.58. The summed E-state index contributed by atoms with van der Waals surface area (Å²) >= 11 is 6.33. The Kier molecular flexibility index (Phi) is 6.88. The summed E-state index contributed by atoms with van der Waals surface area (Å²) in [4.78, 5) is 16.2. The number of hydrogen-bond acceptors (Lipinski definition) is 6. The predicted molar refractivity (Wildman–Crippen MR) is 126 cm³/mol.